The summed E-state index contributed by atoms with van der Waals surface area (Å²) in [4.78, 5) is 30.7. The number of para-hydroxylation sites is 1. The van der Waals surface area contributed by atoms with Crippen molar-refractivity contribution in [3.05, 3.63) is 69.7 Å². The van der Waals surface area contributed by atoms with Gasteiger partial charge in [-0.05, 0) is 18.2 Å². The highest BCUT2D eigenvalue weighted by Gasteiger charge is 2.19. The fraction of sp³-hybridized carbons (Fsp3) is 0.0526. The maximum absolute atomic E-state index is 12.5. The highest BCUT2D eigenvalue weighted by molar-refractivity contribution is 7.14. The first kappa shape index (κ1) is 17.7. The topological polar surface area (TPSA) is 110 Å². The molecule has 0 unspecified atom stereocenters. The normalized spacial score (nSPS) is 10.8. The summed E-state index contributed by atoms with van der Waals surface area (Å²) in [6.45, 7) is 0. The largest absolute Gasteiger partial charge is 0.490 e. The molecule has 0 aliphatic heterocycles. The lowest BCUT2D eigenvalue weighted by Crippen LogP contribution is -2.12. The average Bonchev–Trinajstić information content (AvgIpc) is 3.34. The number of thiazole rings is 1. The van der Waals surface area contributed by atoms with Gasteiger partial charge in [-0.25, -0.2) is 4.98 Å². The van der Waals surface area contributed by atoms with E-state index in [-0.39, 0.29) is 17.0 Å². The number of amides is 1. The van der Waals surface area contributed by atoms with Crippen molar-refractivity contribution in [3.63, 3.8) is 0 Å². The van der Waals surface area contributed by atoms with Crippen molar-refractivity contribution in [1.82, 2.24) is 9.97 Å². The Bertz CT molecular complexity index is 1200. The van der Waals surface area contributed by atoms with E-state index in [1.807, 2.05) is 35.8 Å². The average molecular weight is 394 g/mol. The lowest BCUT2D eigenvalue weighted by molar-refractivity contribution is -0.385. The number of carbonyl (C=O) groups is 1. The summed E-state index contributed by atoms with van der Waals surface area (Å²) in [5, 5.41) is 17.1. The van der Waals surface area contributed by atoms with Gasteiger partial charge in [0, 0.05) is 39.7 Å². The summed E-state index contributed by atoms with van der Waals surface area (Å²) >= 11 is 1.28. The van der Waals surface area contributed by atoms with Crippen molar-refractivity contribution in [2.24, 2.45) is 0 Å². The standard InChI is InChI=1S/C19H14N4O4S/c1-27-17-7-6-11(8-16(17)23(25)26)18(24)22-19-21-15(10-28-19)13-9-20-14-5-3-2-4-12(13)14/h2-10,20H,1H3,(H,21,22,24). The molecule has 8 nitrogen and oxygen atoms in total. The van der Waals surface area contributed by atoms with Gasteiger partial charge in [0.05, 0.1) is 17.7 Å². The van der Waals surface area contributed by atoms with Crippen molar-refractivity contribution >= 4 is 39.0 Å². The van der Waals surface area contributed by atoms with Crippen LogP contribution in [-0.2, 0) is 0 Å². The molecule has 0 radical (unpaired) electrons. The van der Waals surface area contributed by atoms with Gasteiger partial charge in [0.2, 0.25) is 0 Å². The maximum Gasteiger partial charge on any atom is 0.311 e. The minimum Gasteiger partial charge on any atom is -0.490 e. The number of H-pyrrole nitrogens is 1. The second-order valence-corrected chi connectivity index (χ2v) is 6.74. The highest BCUT2D eigenvalue weighted by atomic mass is 32.1. The van der Waals surface area contributed by atoms with E-state index in [1.54, 1.807) is 0 Å². The number of aromatic amines is 1. The van der Waals surface area contributed by atoms with Gasteiger partial charge in [-0.1, -0.05) is 18.2 Å². The van der Waals surface area contributed by atoms with E-state index >= 15 is 0 Å². The Hall–Kier alpha value is -3.72. The van der Waals surface area contributed by atoms with Crippen LogP contribution in [0.3, 0.4) is 0 Å². The third-order valence-corrected chi connectivity index (χ3v) is 4.99. The first-order valence-electron chi connectivity index (χ1n) is 8.22. The second kappa shape index (κ2) is 7.12. The Balaban J connectivity index is 1.58. The minimum absolute atomic E-state index is 0.0948. The lowest BCUT2D eigenvalue weighted by atomic mass is 10.1. The zero-order valence-electron chi connectivity index (χ0n) is 14.6. The van der Waals surface area contributed by atoms with E-state index in [0.29, 0.717) is 5.13 Å². The summed E-state index contributed by atoms with van der Waals surface area (Å²) in [5.41, 5.74) is 2.55. The van der Waals surface area contributed by atoms with E-state index in [2.05, 4.69) is 15.3 Å². The Morgan fingerprint density at radius 1 is 1.29 bits per heavy atom. The summed E-state index contributed by atoms with van der Waals surface area (Å²) in [6.07, 6.45) is 1.87. The van der Waals surface area contributed by atoms with Gasteiger partial charge in [-0.15, -0.1) is 11.3 Å². The summed E-state index contributed by atoms with van der Waals surface area (Å²) in [5.74, 6) is -0.386. The predicted octanol–water partition coefficient (Wildman–Crippen LogP) is 4.46. The first-order chi connectivity index (χ1) is 13.6. The first-order valence-corrected chi connectivity index (χ1v) is 9.10. The summed E-state index contributed by atoms with van der Waals surface area (Å²) in [6, 6.07) is 11.9. The molecule has 28 heavy (non-hydrogen) atoms. The van der Waals surface area contributed by atoms with Gasteiger partial charge >= 0.3 is 5.69 Å². The number of nitro benzene ring substituents is 1. The number of hydrogen-bond acceptors (Lipinski definition) is 6. The molecule has 1 amide bonds. The van der Waals surface area contributed by atoms with E-state index in [0.717, 1.165) is 22.2 Å². The van der Waals surface area contributed by atoms with Gasteiger partial charge in [0.15, 0.2) is 10.9 Å². The van der Waals surface area contributed by atoms with Crippen LogP contribution in [0.1, 0.15) is 10.4 Å². The number of carbonyl (C=O) groups excluding carboxylic acids is 1. The number of nitro groups is 1. The van der Waals surface area contributed by atoms with Crippen LogP contribution in [0.25, 0.3) is 22.2 Å². The number of hydrogen-bond donors (Lipinski definition) is 2. The van der Waals surface area contributed by atoms with E-state index in [1.165, 1.54) is 36.6 Å². The molecule has 140 valence electrons. The van der Waals surface area contributed by atoms with Crippen LogP contribution in [0.2, 0.25) is 0 Å². The molecule has 0 atom stereocenters. The Kier molecular flexibility index (Phi) is 4.50. The third kappa shape index (κ3) is 3.19. The molecule has 0 saturated heterocycles. The molecule has 2 N–H and O–H groups in total. The number of nitrogens with one attached hydrogen (secondary N) is 2. The van der Waals surface area contributed by atoms with Crippen molar-refractivity contribution in [3.8, 4) is 17.0 Å². The molecule has 0 aliphatic carbocycles. The molecular formula is C19H14N4O4S. The van der Waals surface area contributed by atoms with Crippen LogP contribution in [0.4, 0.5) is 10.8 Å². The molecule has 0 bridgehead atoms. The fourth-order valence-corrected chi connectivity index (χ4v) is 3.59. The summed E-state index contributed by atoms with van der Waals surface area (Å²) in [7, 11) is 1.34. The zero-order valence-corrected chi connectivity index (χ0v) is 15.4. The van der Waals surface area contributed by atoms with Gasteiger partial charge in [-0.2, -0.15) is 0 Å². The lowest BCUT2D eigenvalue weighted by Gasteiger charge is -2.05. The van der Waals surface area contributed by atoms with E-state index in [9.17, 15) is 14.9 Å². The molecule has 4 aromatic rings. The Morgan fingerprint density at radius 3 is 2.89 bits per heavy atom. The quantitative estimate of drug-likeness (QED) is 0.383. The van der Waals surface area contributed by atoms with Crippen molar-refractivity contribution in [2.75, 3.05) is 12.4 Å². The smallest absolute Gasteiger partial charge is 0.311 e. The number of benzene rings is 2. The molecule has 0 aliphatic rings. The van der Waals surface area contributed by atoms with Gasteiger partial charge in [0.25, 0.3) is 5.91 Å². The monoisotopic (exact) mass is 394 g/mol. The second-order valence-electron chi connectivity index (χ2n) is 5.88. The van der Waals surface area contributed by atoms with Crippen LogP contribution in [0.5, 0.6) is 5.75 Å². The molecule has 4 rings (SSSR count). The predicted molar refractivity (Wildman–Crippen MR) is 107 cm³/mol. The Labute approximate surface area is 163 Å². The summed E-state index contributed by atoms with van der Waals surface area (Å²) < 4.78 is 4.95. The number of ether oxygens (including phenoxy) is 1. The van der Waals surface area contributed by atoms with Crippen molar-refractivity contribution < 1.29 is 14.5 Å². The Morgan fingerprint density at radius 2 is 2.11 bits per heavy atom. The minimum atomic E-state index is -0.589. The van der Waals surface area contributed by atoms with Crippen LogP contribution in [-0.4, -0.2) is 27.9 Å². The number of anilines is 1. The number of nitrogens with zero attached hydrogens (tertiary/aromatic N) is 2. The van der Waals surface area contributed by atoms with Crippen molar-refractivity contribution in [2.45, 2.75) is 0 Å². The van der Waals surface area contributed by atoms with Crippen molar-refractivity contribution in [1.29, 1.82) is 0 Å². The van der Waals surface area contributed by atoms with E-state index < -0.39 is 10.8 Å². The van der Waals surface area contributed by atoms with Gasteiger partial charge < -0.3 is 9.72 Å². The van der Waals surface area contributed by atoms with E-state index in [4.69, 9.17) is 4.74 Å². The van der Waals surface area contributed by atoms with Crippen LogP contribution in [0.15, 0.2) is 54.0 Å². The number of aromatic nitrogens is 2. The SMILES string of the molecule is COc1ccc(C(=O)Nc2nc(-c3c[nH]c4ccccc34)cs2)cc1[N+](=O)[O-]. The molecule has 2 heterocycles. The molecule has 2 aromatic heterocycles. The number of fused-ring (bicyclic) bond motifs is 1. The highest BCUT2D eigenvalue weighted by Crippen LogP contribution is 2.32. The molecule has 0 fully saturated rings. The molecule has 0 saturated carbocycles. The van der Waals surface area contributed by atoms with Gasteiger partial charge in [0.1, 0.15) is 0 Å². The van der Waals surface area contributed by atoms with Crippen LogP contribution in [0, 0.1) is 10.1 Å². The molecule has 2 aromatic carbocycles. The number of rotatable bonds is 5. The maximum atomic E-state index is 12.5. The fourth-order valence-electron chi connectivity index (χ4n) is 2.88. The van der Waals surface area contributed by atoms with Gasteiger partial charge in [-0.3, -0.25) is 20.2 Å². The van der Waals surface area contributed by atoms with Crippen LogP contribution < -0.4 is 10.1 Å². The number of methoxy groups -OCH3 is 1. The van der Waals surface area contributed by atoms with Crippen LogP contribution >= 0.6 is 11.3 Å². The zero-order chi connectivity index (χ0) is 19.7. The molecule has 9 heteroatoms. The molecule has 0 spiro atoms. The molecular weight excluding hydrogens is 380 g/mol. The third-order valence-electron chi connectivity index (χ3n) is 4.23.